The molecule has 2 aromatic heterocycles. The standard InChI is InChI=1S/C30H40N8O/c1-21(31)28(22(2)32-3)30(39)37-18-23-9-11-24(12-10-23)20-38(17-16-33-19-27-34-14-15-35-27)26-8-4-6-25-7-5-13-36-29(25)26/h5,7,9-15,26,31-33H,4,6,8,16-20H2,1-3H3,(H,34,35)(H,37,39)/b28-22+,31-21?. The Bertz CT molecular complexity index is 1270. The van der Waals surface area contributed by atoms with E-state index < -0.39 is 0 Å². The fourth-order valence-corrected chi connectivity index (χ4v) is 5.12. The van der Waals surface area contributed by atoms with Crippen molar-refractivity contribution in [2.75, 3.05) is 20.1 Å². The predicted octanol–water partition coefficient (Wildman–Crippen LogP) is 3.62. The lowest BCUT2D eigenvalue weighted by atomic mass is 9.90. The third-order valence-electron chi connectivity index (χ3n) is 7.24. The summed E-state index contributed by atoms with van der Waals surface area (Å²) in [5.41, 5.74) is 6.12. The van der Waals surface area contributed by atoms with Gasteiger partial charge in [-0.1, -0.05) is 30.3 Å². The van der Waals surface area contributed by atoms with E-state index in [0.717, 1.165) is 50.3 Å². The van der Waals surface area contributed by atoms with Crippen molar-refractivity contribution in [2.45, 2.75) is 58.8 Å². The molecule has 0 aliphatic heterocycles. The summed E-state index contributed by atoms with van der Waals surface area (Å²) in [5, 5.41) is 17.4. The van der Waals surface area contributed by atoms with Crippen LogP contribution in [0.4, 0.5) is 0 Å². The van der Waals surface area contributed by atoms with E-state index >= 15 is 0 Å². The number of rotatable bonds is 13. The number of carbonyl (C=O) groups excluding carboxylic acids is 1. The van der Waals surface area contributed by atoms with Gasteiger partial charge in [0.1, 0.15) is 5.82 Å². The Labute approximate surface area is 231 Å². The zero-order valence-corrected chi connectivity index (χ0v) is 23.2. The molecule has 0 saturated carbocycles. The molecule has 39 heavy (non-hydrogen) atoms. The number of hydrogen-bond donors (Lipinski definition) is 5. The highest BCUT2D eigenvalue weighted by atomic mass is 16.1. The number of aryl methyl sites for hydroxylation is 1. The third kappa shape index (κ3) is 7.61. The van der Waals surface area contributed by atoms with Crippen LogP contribution in [-0.4, -0.2) is 51.6 Å². The fraction of sp³-hybridized carbons (Fsp3) is 0.400. The number of H-pyrrole nitrogens is 1. The second-order valence-corrected chi connectivity index (χ2v) is 10.0. The minimum Gasteiger partial charge on any atom is -0.391 e. The van der Waals surface area contributed by atoms with E-state index in [2.05, 4.69) is 61.2 Å². The topological polar surface area (TPSA) is 122 Å². The molecule has 0 bridgehead atoms. The summed E-state index contributed by atoms with van der Waals surface area (Å²) in [6, 6.07) is 13.0. The summed E-state index contributed by atoms with van der Waals surface area (Å²) in [5.74, 6) is 0.698. The largest absolute Gasteiger partial charge is 0.391 e. The summed E-state index contributed by atoms with van der Waals surface area (Å²) in [7, 11) is 1.75. The highest BCUT2D eigenvalue weighted by Gasteiger charge is 2.27. The van der Waals surface area contributed by atoms with Crippen LogP contribution in [0.3, 0.4) is 0 Å². The third-order valence-corrected chi connectivity index (χ3v) is 7.24. The Morgan fingerprint density at radius 1 is 1.10 bits per heavy atom. The van der Waals surface area contributed by atoms with Gasteiger partial charge in [-0.2, -0.15) is 0 Å². The van der Waals surface area contributed by atoms with Gasteiger partial charge in [0.2, 0.25) is 0 Å². The van der Waals surface area contributed by atoms with Crippen molar-refractivity contribution < 1.29 is 4.79 Å². The number of nitrogens with zero attached hydrogens (tertiary/aromatic N) is 3. The van der Waals surface area contributed by atoms with Crippen LogP contribution in [0.2, 0.25) is 0 Å². The van der Waals surface area contributed by atoms with Crippen molar-refractivity contribution in [3.8, 4) is 0 Å². The Balaban J connectivity index is 1.41. The number of carbonyl (C=O) groups is 1. The Hall–Kier alpha value is -3.82. The average Bonchev–Trinajstić information content (AvgIpc) is 3.47. The molecule has 0 spiro atoms. The molecule has 0 radical (unpaired) electrons. The van der Waals surface area contributed by atoms with Gasteiger partial charge in [0, 0.05) is 63.2 Å². The summed E-state index contributed by atoms with van der Waals surface area (Å²) < 4.78 is 0. The van der Waals surface area contributed by atoms with Gasteiger partial charge in [0.25, 0.3) is 5.91 Å². The van der Waals surface area contributed by atoms with Crippen molar-refractivity contribution >= 4 is 11.6 Å². The minimum absolute atomic E-state index is 0.241. The second-order valence-electron chi connectivity index (χ2n) is 10.0. The number of aromatic amines is 1. The number of hydrogen-bond acceptors (Lipinski definition) is 7. The van der Waals surface area contributed by atoms with Gasteiger partial charge in [-0.05, 0) is 55.9 Å². The molecule has 0 fully saturated rings. The molecule has 4 rings (SSSR count). The molecule has 2 heterocycles. The van der Waals surface area contributed by atoms with Crippen molar-refractivity contribution in [1.29, 1.82) is 5.41 Å². The number of imidazole rings is 1. The monoisotopic (exact) mass is 528 g/mol. The molecular weight excluding hydrogens is 488 g/mol. The summed E-state index contributed by atoms with van der Waals surface area (Å²) in [6.07, 6.45) is 8.88. The molecule has 0 saturated heterocycles. The van der Waals surface area contributed by atoms with Crippen LogP contribution in [0, 0.1) is 5.41 Å². The van der Waals surface area contributed by atoms with Gasteiger partial charge in [0.15, 0.2) is 0 Å². The van der Waals surface area contributed by atoms with Crippen molar-refractivity contribution in [3.63, 3.8) is 0 Å². The molecule has 1 aliphatic rings. The van der Waals surface area contributed by atoms with E-state index in [9.17, 15) is 4.79 Å². The number of pyridine rings is 1. The molecule has 3 aromatic rings. The normalized spacial score (nSPS) is 15.4. The Morgan fingerprint density at radius 3 is 2.62 bits per heavy atom. The van der Waals surface area contributed by atoms with Crippen molar-refractivity contribution in [1.82, 2.24) is 35.8 Å². The zero-order chi connectivity index (χ0) is 27.6. The maximum Gasteiger partial charge on any atom is 0.255 e. The maximum atomic E-state index is 12.7. The molecule has 5 N–H and O–H groups in total. The van der Waals surface area contributed by atoms with Crippen molar-refractivity contribution in [3.05, 3.63) is 94.5 Å². The van der Waals surface area contributed by atoms with Gasteiger partial charge in [-0.15, -0.1) is 0 Å². The molecule has 1 amide bonds. The lowest BCUT2D eigenvalue weighted by molar-refractivity contribution is -0.117. The minimum atomic E-state index is -0.241. The quantitative estimate of drug-likeness (QED) is 0.131. The van der Waals surface area contributed by atoms with E-state index in [1.165, 1.54) is 16.8 Å². The number of fused-ring (bicyclic) bond motifs is 1. The van der Waals surface area contributed by atoms with Gasteiger partial charge < -0.3 is 26.3 Å². The molecule has 9 heteroatoms. The Kier molecular flexibility index (Phi) is 9.99. The molecule has 1 unspecified atom stereocenters. The molecular formula is C30H40N8O. The van der Waals surface area contributed by atoms with Gasteiger partial charge in [-0.25, -0.2) is 4.98 Å². The SMILES string of the molecule is CN/C(C)=C(\C(C)=N)C(=O)NCc1ccc(CN(CCNCc2ncc[nH]2)C2CCCc3cccnc32)cc1. The predicted molar refractivity (Wildman–Crippen MR) is 154 cm³/mol. The smallest absolute Gasteiger partial charge is 0.255 e. The summed E-state index contributed by atoms with van der Waals surface area (Å²) in [4.78, 5) is 27.4. The first-order valence-corrected chi connectivity index (χ1v) is 13.6. The summed E-state index contributed by atoms with van der Waals surface area (Å²) >= 11 is 0. The van der Waals surface area contributed by atoms with E-state index in [4.69, 9.17) is 10.4 Å². The van der Waals surface area contributed by atoms with Crippen LogP contribution < -0.4 is 16.0 Å². The molecule has 1 aromatic carbocycles. The van der Waals surface area contributed by atoms with E-state index in [1.54, 1.807) is 27.1 Å². The first kappa shape index (κ1) is 28.2. The average molecular weight is 529 g/mol. The molecule has 9 nitrogen and oxygen atoms in total. The molecule has 1 atom stereocenters. The number of benzene rings is 1. The summed E-state index contributed by atoms with van der Waals surface area (Å²) in [6.45, 7) is 7.11. The highest BCUT2D eigenvalue weighted by molar-refractivity contribution is 6.20. The Morgan fingerprint density at radius 2 is 1.90 bits per heavy atom. The van der Waals surface area contributed by atoms with Gasteiger partial charge in [-0.3, -0.25) is 14.7 Å². The van der Waals surface area contributed by atoms with Crippen molar-refractivity contribution in [2.24, 2.45) is 0 Å². The van der Waals surface area contributed by atoms with Gasteiger partial charge in [0.05, 0.1) is 23.9 Å². The van der Waals surface area contributed by atoms with E-state index in [-0.39, 0.29) is 17.7 Å². The van der Waals surface area contributed by atoms with Crippen LogP contribution in [0.1, 0.15) is 60.9 Å². The molecule has 1 aliphatic carbocycles. The fourth-order valence-electron chi connectivity index (χ4n) is 5.12. The number of amides is 1. The lowest BCUT2D eigenvalue weighted by Crippen LogP contribution is -2.36. The van der Waals surface area contributed by atoms with Crippen LogP contribution in [0.15, 0.2) is 66.3 Å². The number of nitrogens with one attached hydrogen (secondary N) is 5. The first-order valence-electron chi connectivity index (χ1n) is 13.6. The second kappa shape index (κ2) is 13.8. The number of allylic oxidation sites excluding steroid dienone is 1. The van der Waals surface area contributed by atoms with Crippen LogP contribution in [-0.2, 0) is 30.8 Å². The number of aromatic nitrogens is 3. The molecule has 206 valence electrons. The van der Waals surface area contributed by atoms with E-state index in [1.807, 2.05) is 18.5 Å². The first-order chi connectivity index (χ1) is 19.0. The van der Waals surface area contributed by atoms with Crippen LogP contribution >= 0.6 is 0 Å². The zero-order valence-electron chi connectivity index (χ0n) is 23.2. The maximum absolute atomic E-state index is 12.7. The lowest BCUT2D eigenvalue weighted by Gasteiger charge is -2.35. The van der Waals surface area contributed by atoms with Gasteiger partial charge >= 0.3 is 0 Å². The van der Waals surface area contributed by atoms with E-state index in [0.29, 0.717) is 24.4 Å². The van der Waals surface area contributed by atoms with Crippen LogP contribution in [0.25, 0.3) is 0 Å². The van der Waals surface area contributed by atoms with Crippen LogP contribution in [0.5, 0.6) is 0 Å². The highest BCUT2D eigenvalue weighted by Crippen LogP contribution is 2.33.